The highest BCUT2D eigenvalue weighted by Gasteiger charge is 2.43. The molecule has 28 heavy (non-hydrogen) atoms. The molecule has 8 heteroatoms. The summed E-state index contributed by atoms with van der Waals surface area (Å²) in [7, 11) is 1.32. The van der Waals surface area contributed by atoms with E-state index in [1.54, 1.807) is 37.7 Å². The number of thioether (sulfide) groups is 1. The van der Waals surface area contributed by atoms with E-state index in [1.807, 2.05) is 12.1 Å². The number of ether oxygens (including phenoxy) is 2. The number of halogens is 1. The van der Waals surface area contributed by atoms with Crippen molar-refractivity contribution in [3.8, 4) is 0 Å². The molecule has 2 atom stereocenters. The lowest BCUT2D eigenvalue weighted by Gasteiger charge is -2.32. The largest absolute Gasteiger partial charge is 0.468 e. The highest BCUT2D eigenvalue weighted by molar-refractivity contribution is 7.99. The van der Waals surface area contributed by atoms with Crippen LogP contribution in [0, 0.1) is 5.92 Å². The van der Waals surface area contributed by atoms with Crippen LogP contribution >= 0.6 is 23.4 Å². The van der Waals surface area contributed by atoms with Crippen molar-refractivity contribution < 1.29 is 19.1 Å². The lowest BCUT2D eigenvalue weighted by molar-refractivity contribution is -0.144. The summed E-state index contributed by atoms with van der Waals surface area (Å²) in [6.45, 7) is 4.24. The van der Waals surface area contributed by atoms with Gasteiger partial charge in [0.05, 0.1) is 25.0 Å². The molecule has 2 rings (SSSR count). The quantitative estimate of drug-likeness (QED) is 0.509. The number of carbonyl (C=O) groups is 2. The third-order valence-electron chi connectivity index (χ3n) is 4.41. The average Bonchev–Trinajstić information content (AvgIpc) is 2.67. The summed E-state index contributed by atoms with van der Waals surface area (Å²) in [5, 5.41) is 0.465. The Morgan fingerprint density at radius 2 is 2.04 bits per heavy atom. The van der Waals surface area contributed by atoms with Crippen LogP contribution in [0.25, 0.3) is 0 Å². The fourth-order valence-corrected chi connectivity index (χ4v) is 4.22. The molecule has 1 aliphatic rings. The minimum absolute atomic E-state index is 0.215. The Morgan fingerprint density at radius 3 is 2.64 bits per heavy atom. The first kappa shape index (κ1) is 22.5. The van der Waals surface area contributed by atoms with Gasteiger partial charge in [-0.2, -0.15) is 11.8 Å². The zero-order chi connectivity index (χ0) is 20.7. The van der Waals surface area contributed by atoms with Crippen molar-refractivity contribution in [3.05, 3.63) is 46.1 Å². The summed E-state index contributed by atoms with van der Waals surface area (Å²) >= 11 is 8.02. The van der Waals surface area contributed by atoms with Crippen molar-refractivity contribution in [3.63, 3.8) is 0 Å². The number of nitrogens with zero attached hydrogens (tertiary/aromatic N) is 1. The number of nitrogens with two attached hydrogens (primary N) is 1. The third-order valence-corrected chi connectivity index (χ3v) is 5.75. The van der Waals surface area contributed by atoms with Crippen LogP contribution in [0.15, 0.2) is 40.5 Å². The molecule has 0 saturated heterocycles. The van der Waals surface area contributed by atoms with E-state index in [0.717, 1.165) is 5.75 Å². The SMILES string of the molecule is CCOC(=O)C1=C(CSCCN)N=C(C)C(C(=O)OC)C1c1ccccc1Cl. The molecular formula is C20H25ClN2O4S. The van der Waals surface area contributed by atoms with Crippen LogP contribution in [0.4, 0.5) is 0 Å². The second-order valence-electron chi connectivity index (χ2n) is 6.18. The average molecular weight is 425 g/mol. The standard InChI is InChI=1S/C20H25ClN2O4S/c1-4-27-20(25)18-15(11-28-10-9-22)23-12(2)16(19(24)26-3)17(18)13-7-5-6-8-14(13)21/h5-8,16-17H,4,9-11,22H2,1-3H3. The van der Waals surface area contributed by atoms with Gasteiger partial charge < -0.3 is 15.2 Å². The predicted molar refractivity (Wildman–Crippen MR) is 113 cm³/mol. The number of aliphatic imine (C=N–C) groups is 1. The summed E-state index contributed by atoms with van der Waals surface area (Å²) < 4.78 is 10.3. The van der Waals surface area contributed by atoms with E-state index in [1.165, 1.54) is 7.11 Å². The van der Waals surface area contributed by atoms with Crippen LogP contribution in [-0.4, -0.2) is 49.4 Å². The summed E-state index contributed by atoms with van der Waals surface area (Å²) in [6.07, 6.45) is 0. The van der Waals surface area contributed by atoms with E-state index in [4.69, 9.17) is 26.8 Å². The number of esters is 2. The highest BCUT2D eigenvalue weighted by Crippen LogP contribution is 2.43. The van der Waals surface area contributed by atoms with Crippen molar-refractivity contribution in [2.24, 2.45) is 16.6 Å². The van der Waals surface area contributed by atoms with Crippen LogP contribution in [0.3, 0.4) is 0 Å². The number of carbonyl (C=O) groups excluding carboxylic acids is 2. The van der Waals surface area contributed by atoms with Crippen LogP contribution in [0.5, 0.6) is 0 Å². The molecule has 6 nitrogen and oxygen atoms in total. The van der Waals surface area contributed by atoms with Crippen LogP contribution in [0.2, 0.25) is 5.02 Å². The number of benzene rings is 1. The lowest BCUT2D eigenvalue weighted by atomic mass is 9.75. The van der Waals surface area contributed by atoms with E-state index in [0.29, 0.717) is 39.9 Å². The Balaban J connectivity index is 2.67. The summed E-state index contributed by atoms with van der Waals surface area (Å²) in [5.41, 5.74) is 7.76. The normalized spacial score (nSPS) is 19.2. The van der Waals surface area contributed by atoms with Gasteiger partial charge in [-0.3, -0.25) is 9.79 Å². The first-order chi connectivity index (χ1) is 13.5. The molecule has 2 unspecified atom stereocenters. The van der Waals surface area contributed by atoms with Gasteiger partial charge in [0.1, 0.15) is 5.92 Å². The molecule has 1 heterocycles. The molecule has 0 aromatic heterocycles. The first-order valence-electron chi connectivity index (χ1n) is 9.01. The van der Waals surface area contributed by atoms with Crippen molar-refractivity contribution in [1.82, 2.24) is 0 Å². The zero-order valence-electron chi connectivity index (χ0n) is 16.2. The molecule has 1 aromatic rings. The Bertz CT molecular complexity index is 794. The fraction of sp³-hybridized carbons (Fsp3) is 0.450. The van der Waals surface area contributed by atoms with Gasteiger partial charge in [0.2, 0.25) is 0 Å². The van der Waals surface area contributed by atoms with Gasteiger partial charge in [-0.05, 0) is 25.5 Å². The maximum atomic E-state index is 12.9. The van der Waals surface area contributed by atoms with Crippen molar-refractivity contribution in [2.75, 3.05) is 31.8 Å². The van der Waals surface area contributed by atoms with Crippen molar-refractivity contribution in [1.29, 1.82) is 0 Å². The highest BCUT2D eigenvalue weighted by atomic mass is 35.5. The first-order valence-corrected chi connectivity index (χ1v) is 10.5. The van der Waals surface area contributed by atoms with Gasteiger partial charge in [0.15, 0.2) is 0 Å². The molecule has 1 aliphatic heterocycles. The molecule has 0 aliphatic carbocycles. The molecular weight excluding hydrogens is 400 g/mol. The molecule has 1 aromatic carbocycles. The smallest absolute Gasteiger partial charge is 0.336 e. The Morgan fingerprint density at radius 1 is 1.32 bits per heavy atom. The maximum absolute atomic E-state index is 12.9. The monoisotopic (exact) mass is 424 g/mol. The van der Waals surface area contributed by atoms with Crippen molar-refractivity contribution in [2.45, 2.75) is 19.8 Å². The minimum Gasteiger partial charge on any atom is -0.468 e. The van der Waals surface area contributed by atoms with Crippen LogP contribution in [0.1, 0.15) is 25.3 Å². The molecule has 0 saturated carbocycles. The molecule has 0 spiro atoms. The van der Waals surface area contributed by atoms with Gasteiger partial charge in [-0.15, -0.1) is 0 Å². The summed E-state index contributed by atoms with van der Waals surface area (Å²) in [6, 6.07) is 7.17. The number of hydrogen-bond acceptors (Lipinski definition) is 7. The molecule has 0 radical (unpaired) electrons. The second-order valence-corrected chi connectivity index (χ2v) is 7.69. The van der Waals surface area contributed by atoms with Gasteiger partial charge >= 0.3 is 11.9 Å². The Hall–Kier alpha value is -1.83. The van der Waals surface area contributed by atoms with Gasteiger partial charge in [-0.1, -0.05) is 29.8 Å². The number of hydrogen-bond donors (Lipinski definition) is 1. The third kappa shape index (κ3) is 4.96. The second kappa shape index (κ2) is 10.6. The van der Waals surface area contributed by atoms with E-state index in [2.05, 4.69) is 4.99 Å². The topological polar surface area (TPSA) is 91.0 Å². The molecule has 0 bridgehead atoms. The minimum atomic E-state index is -0.757. The predicted octanol–water partition coefficient (Wildman–Crippen LogP) is 3.20. The molecule has 152 valence electrons. The van der Waals surface area contributed by atoms with Crippen LogP contribution < -0.4 is 5.73 Å². The van der Waals surface area contributed by atoms with Gasteiger partial charge in [-0.25, -0.2) is 4.79 Å². The van der Waals surface area contributed by atoms with Crippen molar-refractivity contribution >= 4 is 41.0 Å². The Kier molecular flexibility index (Phi) is 8.54. The van der Waals surface area contributed by atoms with E-state index < -0.39 is 23.8 Å². The van der Waals surface area contributed by atoms with Gasteiger partial charge in [0.25, 0.3) is 0 Å². The van der Waals surface area contributed by atoms with Gasteiger partial charge in [0, 0.05) is 34.7 Å². The van der Waals surface area contributed by atoms with E-state index >= 15 is 0 Å². The lowest BCUT2D eigenvalue weighted by Crippen LogP contribution is -2.37. The molecule has 2 N–H and O–H groups in total. The fourth-order valence-electron chi connectivity index (χ4n) is 3.24. The zero-order valence-corrected chi connectivity index (χ0v) is 17.8. The summed E-state index contributed by atoms with van der Waals surface area (Å²) in [5.74, 6) is -1.15. The molecule has 0 fully saturated rings. The van der Waals surface area contributed by atoms with E-state index in [-0.39, 0.29) is 6.61 Å². The number of rotatable bonds is 8. The van der Waals surface area contributed by atoms with Crippen LogP contribution in [-0.2, 0) is 19.1 Å². The summed E-state index contributed by atoms with van der Waals surface area (Å²) in [4.78, 5) is 30.1. The number of methoxy groups -OCH3 is 1. The van der Waals surface area contributed by atoms with E-state index in [9.17, 15) is 9.59 Å². The molecule has 0 amide bonds. The Labute approximate surface area is 174 Å². The maximum Gasteiger partial charge on any atom is 0.336 e.